The highest BCUT2D eigenvalue weighted by Crippen LogP contribution is 2.41. The van der Waals surface area contributed by atoms with E-state index >= 15 is 0 Å². The highest BCUT2D eigenvalue weighted by Gasteiger charge is 2.43. The molecule has 33 heavy (non-hydrogen) atoms. The molecular formula is C23H22ClF3N2O4. The largest absolute Gasteiger partial charge is 0.455 e. The van der Waals surface area contributed by atoms with Crippen molar-refractivity contribution < 1.29 is 32.3 Å². The van der Waals surface area contributed by atoms with Gasteiger partial charge in [-0.25, -0.2) is 13.2 Å². The molecule has 2 amide bonds. The molecule has 1 saturated carbocycles. The van der Waals surface area contributed by atoms with Crippen LogP contribution < -0.4 is 10.6 Å². The minimum Gasteiger partial charge on any atom is -0.455 e. The zero-order chi connectivity index (χ0) is 24.0. The molecule has 2 aromatic rings. The van der Waals surface area contributed by atoms with Gasteiger partial charge in [0.15, 0.2) is 24.1 Å². The second-order valence-corrected chi connectivity index (χ2v) is 8.21. The second kappa shape index (κ2) is 10.7. The summed E-state index contributed by atoms with van der Waals surface area (Å²) in [5.41, 5.74) is -0.737. The van der Waals surface area contributed by atoms with Crippen molar-refractivity contribution in [1.82, 2.24) is 5.32 Å². The van der Waals surface area contributed by atoms with E-state index in [0.717, 1.165) is 30.9 Å². The third-order valence-corrected chi connectivity index (χ3v) is 5.80. The van der Waals surface area contributed by atoms with Gasteiger partial charge in [-0.1, -0.05) is 43.0 Å². The number of benzene rings is 2. The van der Waals surface area contributed by atoms with E-state index in [1.165, 1.54) is 0 Å². The predicted octanol–water partition coefficient (Wildman–Crippen LogP) is 4.26. The number of esters is 1. The number of carbonyl (C=O) groups excluding carboxylic acids is 3. The summed E-state index contributed by atoms with van der Waals surface area (Å²) in [6, 6.07) is 8.50. The predicted molar refractivity (Wildman–Crippen MR) is 115 cm³/mol. The van der Waals surface area contributed by atoms with Crippen LogP contribution in [-0.2, 0) is 24.5 Å². The minimum atomic E-state index is -1.72. The molecule has 0 heterocycles. The van der Waals surface area contributed by atoms with Crippen LogP contribution in [0.25, 0.3) is 0 Å². The molecule has 176 valence electrons. The van der Waals surface area contributed by atoms with Gasteiger partial charge in [0.25, 0.3) is 5.91 Å². The van der Waals surface area contributed by atoms with Crippen LogP contribution >= 0.6 is 11.6 Å². The van der Waals surface area contributed by atoms with Gasteiger partial charge >= 0.3 is 5.97 Å². The lowest BCUT2D eigenvalue weighted by Gasteiger charge is -2.35. The summed E-state index contributed by atoms with van der Waals surface area (Å²) in [7, 11) is 0. The Balaban J connectivity index is 1.54. The normalized spacial score (nSPS) is 14.9. The van der Waals surface area contributed by atoms with Gasteiger partial charge in [0.05, 0.1) is 17.6 Å². The first kappa shape index (κ1) is 24.6. The number of ether oxygens (including phenoxy) is 1. The van der Waals surface area contributed by atoms with Crippen molar-refractivity contribution in [2.24, 2.45) is 0 Å². The van der Waals surface area contributed by atoms with Crippen LogP contribution in [0.5, 0.6) is 0 Å². The number of amides is 2. The van der Waals surface area contributed by atoms with Crippen LogP contribution in [-0.4, -0.2) is 30.9 Å². The van der Waals surface area contributed by atoms with Gasteiger partial charge in [0.1, 0.15) is 0 Å². The lowest BCUT2D eigenvalue weighted by molar-refractivity contribution is -0.155. The Morgan fingerprint density at radius 2 is 1.70 bits per heavy atom. The summed E-state index contributed by atoms with van der Waals surface area (Å²) >= 11 is 6.10. The van der Waals surface area contributed by atoms with Crippen molar-refractivity contribution in [3.05, 3.63) is 64.4 Å². The molecule has 1 aliphatic carbocycles. The van der Waals surface area contributed by atoms with Crippen LogP contribution in [0.3, 0.4) is 0 Å². The van der Waals surface area contributed by atoms with E-state index < -0.39 is 59.5 Å². The van der Waals surface area contributed by atoms with Crippen LogP contribution in [0.4, 0.5) is 18.9 Å². The number of nitrogens with one attached hydrogen (secondary N) is 2. The fraction of sp³-hybridized carbons (Fsp3) is 0.348. The third kappa shape index (κ3) is 5.84. The van der Waals surface area contributed by atoms with Crippen molar-refractivity contribution in [3.63, 3.8) is 0 Å². The molecule has 0 atom stereocenters. The monoisotopic (exact) mass is 482 g/mol. The Kier molecular flexibility index (Phi) is 7.97. The standard InChI is InChI=1S/C23H22ClF3N2O4/c24-15-6-4-5-14(11-15)23(9-2-1-3-10-23)22(32)33-13-19(31)28-12-18(30)29-17-8-7-16(25)20(26)21(17)27/h4-8,11H,1-3,9-10,12-13H2,(H,28,31)(H,29,30). The van der Waals surface area contributed by atoms with Crippen LogP contribution in [0.15, 0.2) is 36.4 Å². The van der Waals surface area contributed by atoms with Crippen LogP contribution in [0.1, 0.15) is 37.7 Å². The maximum atomic E-state index is 13.6. The Morgan fingerprint density at radius 3 is 2.39 bits per heavy atom. The molecule has 0 radical (unpaired) electrons. The lowest BCUT2D eigenvalue weighted by Crippen LogP contribution is -2.42. The number of anilines is 1. The van der Waals surface area contributed by atoms with Crippen molar-refractivity contribution in [3.8, 4) is 0 Å². The highest BCUT2D eigenvalue weighted by atomic mass is 35.5. The van der Waals surface area contributed by atoms with Gasteiger partial charge in [-0.3, -0.25) is 14.4 Å². The maximum Gasteiger partial charge on any atom is 0.317 e. The van der Waals surface area contributed by atoms with Crippen molar-refractivity contribution in [2.75, 3.05) is 18.5 Å². The molecule has 1 aliphatic rings. The average molecular weight is 483 g/mol. The van der Waals surface area contributed by atoms with Gasteiger partial charge in [-0.2, -0.15) is 0 Å². The molecule has 0 bridgehead atoms. The van der Waals surface area contributed by atoms with E-state index in [9.17, 15) is 27.6 Å². The van der Waals surface area contributed by atoms with E-state index in [2.05, 4.69) is 5.32 Å². The summed E-state index contributed by atoms with van der Waals surface area (Å²) in [5, 5.41) is 4.75. The van der Waals surface area contributed by atoms with Crippen molar-refractivity contribution in [2.45, 2.75) is 37.5 Å². The molecule has 0 aromatic heterocycles. The highest BCUT2D eigenvalue weighted by molar-refractivity contribution is 6.30. The minimum absolute atomic E-state index is 0.492. The first-order chi connectivity index (χ1) is 15.7. The third-order valence-electron chi connectivity index (χ3n) is 5.56. The van der Waals surface area contributed by atoms with Crippen molar-refractivity contribution >= 4 is 35.1 Å². The Hall–Kier alpha value is -3.07. The molecule has 0 spiro atoms. The fourth-order valence-electron chi connectivity index (χ4n) is 3.87. The van der Waals surface area contributed by atoms with Gasteiger partial charge in [0.2, 0.25) is 5.91 Å². The Labute approximate surface area is 193 Å². The quantitative estimate of drug-likeness (QED) is 0.456. The smallest absolute Gasteiger partial charge is 0.317 e. The van der Waals surface area contributed by atoms with Crippen molar-refractivity contribution in [1.29, 1.82) is 0 Å². The lowest BCUT2D eigenvalue weighted by atomic mass is 9.69. The molecule has 0 unspecified atom stereocenters. The molecule has 6 nitrogen and oxygen atoms in total. The van der Waals surface area contributed by atoms with Crippen LogP contribution in [0, 0.1) is 17.5 Å². The molecule has 0 aliphatic heterocycles. The fourth-order valence-corrected chi connectivity index (χ4v) is 4.06. The molecule has 2 aromatic carbocycles. The SMILES string of the molecule is O=C(COC(=O)C1(c2cccc(Cl)c2)CCCCC1)NCC(=O)Nc1ccc(F)c(F)c1F. The molecule has 3 rings (SSSR count). The number of hydrogen-bond acceptors (Lipinski definition) is 4. The average Bonchev–Trinajstić information content (AvgIpc) is 2.82. The zero-order valence-electron chi connectivity index (χ0n) is 17.6. The second-order valence-electron chi connectivity index (χ2n) is 7.78. The van der Waals surface area contributed by atoms with E-state index in [-0.39, 0.29) is 0 Å². The summed E-state index contributed by atoms with van der Waals surface area (Å²) in [6.45, 7) is -1.21. The molecule has 0 saturated heterocycles. The van der Waals surface area contributed by atoms with Crippen LogP contribution in [0.2, 0.25) is 5.02 Å². The molecule has 2 N–H and O–H groups in total. The summed E-state index contributed by atoms with van der Waals surface area (Å²) in [6.07, 6.45) is 3.78. The number of hydrogen-bond donors (Lipinski definition) is 2. The molecular weight excluding hydrogens is 461 g/mol. The molecule has 10 heteroatoms. The Bertz CT molecular complexity index is 1060. The van der Waals surface area contributed by atoms with E-state index in [0.29, 0.717) is 23.9 Å². The zero-order valence-corrected chi connectivity index (χ0v) is 18.3. The Morgan fingerprint density at radius 1 is 0.970 bits per heavy atom. The number of rotatable bonds is 7. The summed E-state index contributed by atoms with van der Waals surface area (Å²) in [4.78, 5) is 36.9. The summed E-state index contributed by atoms with van der Waals surface area (Å²) < 4.78 is 45.1. The molecule has 1 fully saturated rings. The van der Waals surface area contributed by atoms with E-state index in [1.54, 1.807) is 24.3 Å². The number of halogens is 4. The first-order valence-corrected chi connectivity index (χ1v) is 10.7. The summed E-state index contributed by atoms with van der Waals surface area (Å²) in [5.74, 6) is -6.84. The number of carbonyl (C=O) groups is 3. The van der Waals surface area contributed by atoms with Gasteiger partial charge in [-0.05, 0) is 42.7 Å². The van der Waals surface area contributed by atoms with E-state index in [1.807, 2.05) is 5.32 Å². The van der Waals surface area contributed by atoms with Gasteiger partial charge in [-0.15, -0.1) is 0 Å². The van der Waals surface area contributed by atoms with E-state index in [4.69, 9.17) is 16.3 Å². The topological polar surface area (TPSA) is 84.5 Å². The first-order valence-electron chi connectivity index (χ1n) is 10.4. The van der Waals surface area contributed by atoms with Gasteiger partial charge in [0, 0.05) is 5.02 Å². The maximum absolute atomic E-state index is 13.6. The van der Waals surface area contributed by atoms with Gasteiger partial charge < -0.3 is 15.4 Å².